The SMILES string of the molecule is CC(C)n1nc(CO)nc1-c1cn2c(n1)-c1cnc(N(C)C)cc1OCC2. The third-order valence-corrected chi connectivity index (χ3v) is 4.45. The Kier molecular flexibility index (Phi) is 4.31. The topological polar surface area (TPSA) is 94.1 Å². The lowest BCUT2D eigenvalue weighted by molar-refractivity contribution is 0.270. The van der Waals surface area contributed by atoms with E-state index in [0.29, 0.717) is 24.8 Å². The standard InChI is InChI=1S/C18H23N7O2/c1-11(2)25-18(21-15(10-26)22-25)13-9-24-5-6-27-14-7-16(23(3)4)19-8-12(14)17(24)20-13/h7-9,11,26H,5-6,10H2,1-4H3. The zero-order valence-corrected chi connectivity index (χ0v) is 15.9. The van der Waals surface area contributed by atoms with E-state index in [1.165, 1.54) is 0 Å². The predicted octanol–water partition coefficient (Wildman–Crippen LogP) is 1.74. The minimum absolute atomic E-state index is 0.106. The Morgan fingerprint density at radius 1 is 1.26 bits per heavy atom. The average Bonchev–Trinajstić information content (AvgIpc) is 3.22. The van der Waals surface area contributed by atoms with E-state index < -0.39 is 0 Å². The highest BCUT2D eigenvalue weighted by Crippen LogP contribution is 2.35. The molecule has 9 nitrogen and oxygen atoms in total. The molecule has 3 aromatic rings. The van der Waals surface area contributed by atoms with Crippen LogP contribution in [0.3, 0.4) is 0 Å². The van der Waals surface area contributed by atoms with E-state index in [1.54, 1.807) is 10.9 Å². The molecule has 1 N–H and O–H groups in total. The summed E-state index contributed by atoms with van der Waals surface area (Å²) in [5, 5.41) is 13.8. The molecule has 0 aromatic carbocycles. The summed E-state index contributed by atoms with van der Waals surface area (Å²) in [6.07, 6.45) is 3.75. The van der Waals surface area contributed by atoms with Crippen molar-refractivity contribution in [2.45, 2.75) is 33.0 Å². The minimum atomic E-state index is -0.200. The van der Waals surface area contributed by atoms with Crippen LogP contribution in [0.5, 0.6) is 5.75 Å². The van der Waals surface area contributed by atoms with Gasteiger partial charge in [-0.2, -0.15) is 5.10 Å². The number of aromatic nitrogens is 6. The van der Waals surface area contributed by atoms with Gasteiger partial charge in [-0.15, -0.1) is 0 Å². The number of aliphatic hydroxyl groups is 1. The molecule has 0 spiro atoms. The molecule has 4 rings (SSSR count). The number of hydrogen-bond acceptors (Lipinski definition) is 7. The van der Waals surface area contributed by atoms with Crippen LogP contribution in [0, 0.1) is 0 Å². The van der Waals surface area contributed by atoms with E-state index in [0.717, 1.165) is 28.6 Å². The number of aliphatic hydroxyl groups excluding tert-OH is 1. The van der Waals surface area contributed by atoms with Crippen molar-refractivity contribution in [1.29, 1.82) is 0 Å². The molecular formula is C18H23N7O2. The molecule has 0 aliphatic carbocycles. The molecule has 1 aliphatic rings. The van der Waals surface area contributed by atoms with Crippen LogP contribution in [0.1, 0.15) is 25.7 Å². The fraction of sp³-hybridized carbons (Fsp3) is 0.444. The molecule has 0 unspecified atom stereocenters. The highest BCUT2D eigenvalue weighted by molar-refractivity contribution is 5.69. The van der Waals surface area contributed by atoms with Crippen LogP contribution in [0.4, 0.5) is 5.82 Å². The molecule has 0 atom stereocenters. The molecule has 9 heteroatoms. The van der Waals surface area contributed by atoms with Crippen molar-refractivity contribution in [1.82, 2.24) is 29.3 Å². The smallest absolute Gasteiger partial charge is 0.179 e. The second-order valence-corrected chi connectivity index (χ2v) is 6.97. The quantitative estimate of drug-likeness (QED) is 0.748. The van der Waals surface area contributed by atoms with Gasteiger partial charge in [-0.05, 0) is 13.8 Å². The Morgan fingerprint density at radius 2 is 2.07 bits per heavy atom. The Hall–Kier alpha value is -2.94. The third kappa shape index (κ3) is 3.03. The number of anilines is 1. The van der Waals surface area contributed by atoms with Crippen LogP contribution in [0.15, 0.2) is 18.5 Å². The highest BCUT2D eigenvalue weighted by Gasteiger charge is 2.23. The van der Waals surface area contributed by atoms with Crippen LogP contribution in [-0.2, 0) is 13.2 Å². The summed E-state index contributed by atoms with van der Waals surface area (Å²) < 4.78 is 9.76. The van der Waals surface area contributed by atoms with E-state index in [2.05, 4.69) is 19.6 Å². The number of pyridine rings is 1. The minimum Gasteiger partial charge on any atom is -0.491 e. The van der Waals surface area contributed by atoms with Crippen LogP contribution in [0.25, 0.3) is 22.9 Å². The molecule has 0 fully saturated rings. The first-order chi connectivity index (χ1) is 13.0. The molecule has 3 aromatic heterocycles. The zero-order chi connectivity index (χ0) is 19.1. The summed E-state index contributed by atoms with van der Waals surface area (Å²) >= 11 is 0. The lowest BCUT2D eigenvalue weighted by Crippen LogP contribution is -2.11. The molecule has 0 saturated heterocycles. The van der Waals surface area contributed by atoms with Crippen molar-refractivity contribution in [3.8, 4) is 28.7 Å². The molecule has 0 saturated carbocycles. The van der Waals surface area contributed by atoms with Gasteiger partial charge in [0.15, 0.2) is 11.6 Å². The fourth-order valence-electron chi connectivity index (χ4n) is 3.09. The third-order valence-electron chi connectivity index (χ3n) is 4.45. The first-order valence-corrected chi connectivity index (χ1v) is 8.92. The largest absolute Gasteiger partial charge is 0.491 e. The van der Waals surface area contributed by atoms with E-state index in [4.69, 9.17) is 9.72 Å². The van der Waals surface area contributed by atoms with Gasteiger partial charge in [0.05, 0.1) is 12.1 Å². The molecule has 0 amide bonds. The van der Waals surface area contributed by atoms with E-state index in [1.807, 2.05) is 45.1 Å². The lowest BCUT2D eigenvalue weighted by atomic mass is 10.2. The predicted molar refractivity (Wildman–Crippen MR) is 101 cm³/mol. The second-order valence-electron chi connectivity index (χ2n) is 6.97. The van der Waals surface area contributed by atoms with Crippen molar-refractivity contribution in [2.24, 2.45) is 0 Å². The molecule has 4 heterocycles. The first-order valence-electron chi connectivity index (χ1n) is 8.92. The fourth-order valence-corrected chi connectivity index (χ4v) is 3.09. The van der Waals surface area contributed by atoms with Crippen molar-refractivity contribution < 1.29 is 9.84 Å². The summed E-state index contributed by atoms with van der Waals surface area (Å²) in [4.78, 5) is 15.7. The van der Waals surface area contributed by atoms with Crippen LogP contribution < -0.4 is 9.64 Å². The number of rotatable bonds is 4. The summed E-state index contributed by atoms with van der Waals surface area (Å²) in [5.41, 5.74) is 1.57. The van der Waals surface area contributed by atoms with Gasteiger partial charge in [0.1, 0.15) is 36.3 Å². The summed E-state index contributed by atoms with van der Waals surface area (Å²) in [6.45, 7) is 5.07. The highest BCUT2D eigenvalue weighted by atomic mass is 16.5. The molecule has 1 aliphatic heterocycles. The van der Waals surface area contributed by atoms with Crippen molar-refractivity contribution in [2.75, 3.05) is 25.6 Å². The summed E-state index contributed by atoms with van der Waals surface area (Å²) in [5.74, 6) is 3.43. The van der Waals surface area contributed by atoms with Crippen molar-refractivity contribution in [3.05, 3.63) is 24.3 Å². The summed E-state index contributed by atoms with van der Waals surface area (Å²) in [7, 11) is 3.89. The van der Waals surface area contributed by atoms with Gasteiger partial charge < -0.3 is 19.3 Å². The van der Waals surface area contributed by atoms with E-state index in [-0.39, 0.29) is 12.6 Å². The van der Waals surface area contributed by atoms with Crippen molar-refractivity contribution in [3.63, 3.8) is 0 Å². The number of hydrogen-bond donors (Lipinski definition) is 1. The zero-order valence-electron chi connectivity index (χ0n) is 15.9. The molecule has 142 valence electrons. The number of nitrogens with zero attached hydrogens (tertiary/aromatic N) is 7. The first kappa shape index (κ1) is 17.5. The second kappa shape index (κ2) is 6.66. The normalized spacial score (nSPS) is 13.1. The maximum absolute atomic E-state index is 9.41. The molecular weight excluding hydrogens is 346 g/mol. The Bertz CT molecular complexity index is 974. The molecule has 0 bridgehead atoms. The van der Waals surface area contributed by atoms with Gasteiger partial charge in [0.25, 0.3) is 0 Å². The van der Waals surface area contributed by atoms with Crippen LogP contribution in [0.2, 0.25) is 0 Å². The van der Waals surface area contributed by atoms with Gasteiger partial charge in [0.2, 0.25) is 0 Å². The van der Waals surface area contributed by atoms with Crippen molar-refractivity contribution >= 4 is 5.82 Å². The van der Waals surface area contributed by atoms with Gasteiger partial charge in [0, 0.05) is 38.6 Å². The number of imidazole rings is 1. The molecule has 0 radical (unpaired) electrons. The van der Waals surface area contributed by atoms with Gasteiger partial charge >= 0.3 is 0 Å². The van der Waals surface area contributed by atoms with Gasteiger partial charge in [-0.1, -0.05) is 0 Å². The Labute approximate surface area is 157 Å². The monoisotopic (exact) mass is 369 g/mol. The van der Waals surface area contributed by atoms with Crippen LogP contribution >= 0.6 is 0 Å². The maximum Gasteiger partial charge on any atom is 0.179 e. The summed E-state index contributed by atoms with van der Waals surface area (Å²) in [6, 6.07) is 2.04. The molecule has 27 heavy (non-hydrogen) atoms. The maximum atomic E-state index is 9.41. The average molecular weight is 369 g/mol. The number of ether oxygens (including phenoxy) is 1. The lowest BCUT2D eigenvalue weighted by Gasteiger charge is -2.13. The Morgan fingerprint density at radius 3 is 2.78 bits per heavy atom. The van der Waals surface area contributed by atoms with Crippen LogP contribution in [-0.4, -0.2) is 55.1 Å². The Balaban J connectivity index is 1.82. The van der Waals surface area contributed by atoms with E-state index in [9.17, 15) is 5.11 Å². The van der Waals surface area contributed by atoms with Gasteiger partial charge in [-0.25, -0.2) is 19.6 Å². The van der Waals surface area contributed by atoms with E-state index >= 15 is 0 Å². The van der Waals surface area contributed by atoms with Gasteiger partial charge in [-0.3, -0.25) is 0 Å². The number of fused-ring (bicyclic) bond motifs is 3.